The lowest BCUT2D eigenvalue weighted by Crippen LogP contribution is -2.31. The molecule has 0 saturated heterocycles. The Labute approximate surface area is 134 Å². The standard InChI is InChI=1S/C16H20N2O3S/c1-10-8-13(20-3)14(21-4)9-12(10)18-16(19)17-11(2)15-6-5-7-22-15/h5-9,11H,1-4H3,(H2,17,18,19)/t11-/m1/s1. The van der Waals surface area contributed by atoms with Gasteiger partial charge < -0.3 is 20.1 Å². The monoisotopic (exact) mass is 320 g/mol. The Morgan fingerprint density at radius 3 is 2.50 bits per heavy atom. The minimum Gasteiger partial charge on any atom is -0.493 e. The van der Waals surface area contributed by atoms with Gasteiger partial charge in [-0.2, -0.15) is 0 Å². The van der Waals surface area contributed by atoms with Gasteiger partial charge in [0.15, 0.2) is 11.5 Å². The smallest absolute Gasteiger partial charge is 0.319 e. The summed E-state index contributed by atoms with van der Waals surface area (Å²) in [5, 5.41) is 7.75. The highest BCUT2D eigenvalue weighted by Gasteiger charge is 2.13. The Morgan fingerprint density at radius 2 is 1.91 bits per heavy atom. The average Bonchev–Trinajstić information content (AvgIpc) is 3.03. The number of ether oxygens (including phenoxy) is 2. The predicted octanol–water partition coefficient (Wildman–Crippen LogP) is 3.96. The lowest BCUT2D eigenvalue weighted by molar-refractivity contribution is 0.249. The molecule has 0 aliphatic carbocycles. The Hall–Kier alpha value is -2.21. The molecule has 1 atom stereocenters. The number of benzene rings is 1. The van der Waals surface area contributed by atoms with Gasteiger partial charge in [0.1, 0.15) is 0 Å². The fraction of sp³-hybridized carbons (Fsp3) is 0.312. The zero-order valence-corrected chi connectivity index (χ0v) is 13.9. The first-order valence-electron chi connectivity index (χ1n) is 6.88. The van der Waals surface area contributed by atoms with Crippen molar-refractivity contribution in [1.82, 2.24) is 5.32 Å². The highest BCUT2D eigenvalue weighted by Crippen LogP contribution is 2.32. The molecule has 0 unspecified atom stereocenters. The lowest BCUT2D eigenvalue weighted by Gasteiger charge is -2.16. The summed E-state index contributed by atoms with van der Waals surface area (Å²) >= 11 is 1.61. The summed E-state index contributed by atoms with van der Waals surface area (Å²) in [6.07, 6.45) is 0. The summed E-state index contributed by atoms with van der Waals surface area (Å²) < 4.78 is 10.5. The van der Waals surface area contributed by atoms with E-state index in [-0.39, 0.29) is 12.1 Å². The normalized spacial score (nSPS) is 11.6. The van der Waals surface area contributed by atoms with Crippen molar-refractivity contribution in [1.29, 1.82) is 0 Å². The van der Waals surface area contributed by atoms with Gasteiger partial charge in [-0.25, -0.2) is 4.79 Å². The van der Waals surface area contributed by atoms with Crippen LogP contribution in [0.4, 0.5) is 10.5 Å². The maximum absolute atomic E-state index is 12.1. The molecule has 0 aliphatic heterocycles. The third-order valence-corrected chi connectivity index (χ3v) is 4.35. The number of thiophene rings is 1. The molecule has 6 heteroatoms. The molecular weight excluding hydrogens is 300 g/mol. The molecule has 5 nitrogen and oxygen atoms in total. The average molecular weight is 320 g/mol. The van der Waals surface area contributed by atoms with Crippen LogP contribution in [0.3, 0.4) is 0 Å². The predicted molar refractivity (Wildman–Crippen MR) is 89.2 cm³/mol. The summed E-state index contributed by atoms with van der Waals surface area (Å²) in [5.74, 6) is 1.22. The molecule has 0 fully saturated rings. The Balaban J connectivity index is 2.08. The number of carbonyl (C=O) groups excluding carboxylic acids is 1. The van der Waals surface area contributed by atoms with Gasteiger partial charge in [0.25, 0.3) is 0 Å². The number of amides is 2. The van der Waals surface area contributed by atoms with Crippen molar-refractivity contribution in [3.8, 4) is 11.5 Å². The molecule has 0 saturated carbocycles. The molecule has 2 N–H and O–H groups in total. The Bertz CT molecular complexity index is 641. The second-order valence-electron chi connectivity index (χ2n) is 4.86. The number of methoxy groups -OCH3 is 2. The van der Waals surface area contributed by atoms with E-state index < -0.39 is 0 Å². The quantitative estimate of drug-likeness (QED) is 0.877. The number of hydrogen-bond donors (Lipinski definition) is 2. The van der Waals surface area contributed by atoms with Crippen molar-refractivity contribution in [2.24, 2.45) is 0 Å². The highest BCUT2D eigenvalue weighted by molar-refractivity contribution is 7.10. The molecule has 1 heterocycles. The van der Waals surface area contributed by atoms with E-state index in [0.29, 0.717) is 17.2 Å². The zero-order valence-electron chi connectivity index (χ0n) is 13.1. The number of carbonyl (C=O) groups is 1. The summed E-state index contributed by atoms with van der Waals surface area (Å²) in [7, 11) is 3.15. The van der Waals surface area contributed by atoms with E-state index >= 15 is 0 Å². The fourth-order valence-corrected chi connectivity index (χ4v) is 2.81. The minimum atomic E-state index is -0.254. The third-order valence-electron chi connectivity index (χ3n) is 3.30. The molecule has 22 heavy (non-hydrogen) atoms. The van der Waals surface area contributed by atoms with Crippen LogP contribution in [0.1, 0.15) is 23.4 Å². The van der Waals surface area contributed by atoms with Crippen LogP contribution in [0.5, 0.6) is 11.5 Å². The maximum atomic E-state index is 12.1. The number of hydrogen-bond acceptors (Lipinski definition) is 4. The van der Waals surface area contributed by atoms with Gasteiger partial charge >= 0.3 is 6.03 Å². The summed E-state index contributed by atoms with van der Waals surface area (Å²) in [6, 6.07) is 7.25. The summed E-state index contributed by atoms with van der Waals surface area (Å²) in [6.45, 7) is 3.85. The molecule has 0 spiro atoms. The van der Waals surface area contributed by atoms with Crippen molar-refractivity contribution in [3.05, 3.63) is 40.1 Å². The number of aryl methyl sites for hydroxylation is 1. The van der Waals surface area contributed by atoms with Crippen LogP contribution >= 0.6 is 11.3 Å². The largest absolute Gasteiger partial charge is 0.493 e. The molecule has 1 aromatic carbocycles. The van der Waals surface area contributed by atoms with Gasteiger partial charge in [-0.1, -0.05) is 6.07 Å². The van der Waals surface area contributed by atoms with Crippen molar-refractivity contribution in [2.45, 2.75) is 19.9 Å². The minimum absolute atomic E-state index is 0.0412. The number of nitrogens with one attached hydrogen (secondary N) is 2. The SMILES string of the molecule is COc1cc(C)c(NC(=O)N[C@H](C)c2cccs2)cc1OC. The molecule has 0 radical (unpaired) electrons. The van der Waals surface area contributed by atoms with Gasteiger partial charge in [-0.3, -0.25) is 0 Å². The van der Waals surface area contributed by atoms with E-state index in [1.807, 2.05) is 37.4 Å². The molecule has 0 aliphatic rings. The van der Waals surface area contributed by atoms with E-state index in [2.05, 4.69) is 10.6 Å². The molecule has 118 valence electrons. The van der Waals surface area contributed by atoms with Crippen LogP contribution in [0.2, 0.25) is 0 Å². The van der Waals surface area contributed by atoms with Crippen LogP contribution < -0.4 is 20.1 Å². The molecule has 1 aromatic heterocycles. The second-order valence-corrected chi connectivity index (χ2v) is 5.84. The Kier molecular flexibility index (Phi) is 5.27. The molecule has 2 rings (SSSR count). The van der Waals surface area contributed by atoms with Crippen molar-refractivity contribution < 1.29 is 14.3 Å². The van der Waals surface area contributed by atoms with E-state index in [1.54, 1.807) is 31.6 Å². The van der Waals surface area contributed by atoms with Crippen molar-refractivity contribution >= 4 is 23.1 Å². The number of urea groups is 1. The third kappa shape index (κ3) is 3.71. The van der Waals surface area contributed by atoms with E-state index in [0.717, 1.165) is 10.4 Å². The fourth-order valence-electron chi connectivity index (χ4n) is 2.08. The van der Waals surface area contributed by atoms with Crippen LogP contribution in [0, 0.1) is 6.92 Å². The highest BCUT2D eigenvalue weighted by atomic mass is 32.1. The van der Waals surface area contributed by atoms with Crippen molar-refractivity contribution in [3.63, 3.8) is 0 Å². The molecule has 2 aromatic rings. The zero-order chi connectivity index (χ0) is 16.1. The summed E-state index contributed by atoms with van der Waals surface area (Å²) in [4.78, 5) is 13.2. The van der Waals surface area contributed by atoms with Crippen LogP contribution in [-0.4, -0.2) is 20.3 Å². The van der Waals surface area contributed by atoms with Gasteiger partial charge in [-0.05, 0) is 36.9 Å². The van der Waals surface area contributed by atoms with Gasteiger partial charge in [0.2, 0.25) is 0 Å². The van der Waals surface area contributed by atoms with Gasteiger partial charge in [0.05, 0.1) is 20.3 Å². The van der Waals surface area contributed by atoms with E-state index in [4.69, 9.17) is 9.47 Å². The Morgan fingerprint density at radius 1 is 1.23 bits per heavy atom. The van der Waals surface area contributed by atoms with E-state index in [1.165, 1.54) is 0 Å². The maximum Gasteiger partial charge on any atom is 0.319 e. The van der Waals surface area contributed by atoms with E-state index in [9.17, 15) is 4.79 Å². The first-order valence-corrected chi connectivity index (χ1v) is 7.76. The lowest BCUT2D eigenvalue weighted by atomic mass is 10.1. The summed E-state index contributed by atoms with van der Waals surface area (Å²) in [5.41, 5.74) is 1.59. The first-order chi connectivity index (χ1) is 10.5. The van der Waals surface area contributed by atoms with Crippen LogP contribution in [0.15, 0.2) is 29.6 Å². The number of rotatable bonds is 5. The van der Waals surface area contributed by atoms with Gasteiger partial charge in [-0.15, -0.1) is 11.3 Å². The van der Waals surface area contributed by atoms with Crippen molar-refractivity contribution in [2.75, 3.05) is 19.5 Å². The number of anilines is 1. The van der Waals surface area contributed by atoms with Gasteiger partial charge in [0, 0.05) is 16.6 Å². The molecular formula is C16H20N2O3S. The first kappa shape index (κ1) is 16.2. The molecule has 2 amide bonds. The van der Waals surface area contributed by atoms with Crippen LogP contribution in [0.25, 0.3) is 0 Å². The molecule has 0 bridgehead atoms. The second kappa shape index (κ2) is 7.17. The topological polar surface area (TPSA) is 59.6 Å². The van der Waals surface area contributed by atoms with Crippen LogP contribution in [-0.2, 0) is 0 Å².